The fraction of sp³-hybridized carbons (Fsp3) is 0.300. The van der Waals surface area contributed by atoms with Crippen molar-refractivity contribution < 1.29 is 4.79 Å². The molecule has 0 unspecified atom stereocenters. The number of hydrogen-bond donors (Lipinski definition) is 2. The van der Waals surface area contributed by atoms with Gasteiger partial charge < -0.3 is 10.6 Å². The number of nitrogens with one attached hydrogen (secondary N) is 2. The van der Waals surface area contributed by atoms with Gasteiger partial charge in [0.25, 0.3) is 5.91 Å². The van der Waals surface area contributed by atoms with Gasteiger partial charge in [0.2, 0.25) is 5.95 Å². The number of benzene rings is 1. The van der Waals surface area contributed by atoms with Gasteiger partial charge in [-0.25, -0.2) is 4.68 Å². The Bertz CT molecular complexity index is 1110. The van der Waals surface area contributed by atoms with E-state index in [4.69, 9.17) is 0 Å². The zero-order valence-corrected chi connectivity index (χ0v) is 16.6. The van der Waals surface area contributed by atoms with Crippen LogP contribution < -0.4 is 10.6 Å². The maximum atomic E-state index is 13.4. The van der Waals surface area contributed by atoms with Gasteiger partial charge >= 0.3 is 0 Å². The molecule has 0 fully saturated rings. The predicted molar refractivity (Wildman–Crippen MR) is 107 cm³/mol. The first-order valence-electron chi connectivity index (χ1n) is 9.11. The second kappa shape index (κ2) is 6.63. The van der Waals surface area contributed by atoms with Crippen LogP contribution in [0.3, 0.4) is 0 Å². The summed E-state index contributed by atoms with van der Waals surface area (Å²) in [7, 11) is 1.88. The highest BCUT2D eigenvalue weighted by Gasteiger charge is 2.35. The second-order valence-electron chi connectivity index (χ2n) is 7.18. The molecule has 28 heavy (non-hydrogen) atoms. The Morgan fingerprint density at radius 1 is 1.18 bits per heavy atom. The normalized spacial score (nSPS) is 16.0. The highest BCUT2D eigenvalue weighted by Crippen LogP contribution is 2.36. The number of amides is 1. The largest absolute Gasteiger partial charge is 0.328 e. The number of rotatable bonds is 3. The van der Waals surface area contributed by atoms with E-state index in [1.807, 2.05) is 52.9 Å². The lowest BCUT2D eigenvalue weighted by atomic mass is 9.95. The average molecular weight is 377 g/mol. The number of hydrogen-bond acceptors (Lipinski definition) is 5. The van der Waals surface area contributed by atoms with E-state index < -0.39 is 6.04 Å². The maximum Gasteiger partial charge on any atom is 0.255 e. The first-order valence-corrected chi connectivity index (χ1v) is 9.11. The highest BCUT2D eigenvalue weighted by atomic mass is 16.1. The molecule has 8 heteroatoms. The Kier molecular flexibility index (Phi) is 4.26. The lowest BCUT2D eigenvalue weighted by Gasteiger charge is -2.28. The summed E-state index contributed by atoms with van der Waals surface area (Å²) in [6.07, 6.45) is 3.27. The third-order valence-electron chi connectivity index (χ3n) is 5.24. The van der Waals surface area contributed by atoms with E-state index in [0.717, 1.165) is 33.8 Å². The van der Waals surface area contributed by atoms with Crippen LogP contribution in [-0.2, 0) is 11.8 Å². The number of aromatic nitrogens is 5. The van der Waals surface area contributed by atoms with Crippen LogP contribution in [0.1, 0.15) is 35.3 Å². The van der Waals surface area contributed by atoms with Crippen molar-refractivity contribution in [1.29, 1.82) is 0 Å². The minimum Gasteiger partial charge on any atom is -0.328 e. The van der Waals surface area contributed by atoms with Gasteiger partial charge in [-0.3, -0.25) is 9.48 Å². The lowest BCUT2D eigenvalue weighted by molar-refractivity contribution is -0.113. The van der Waals surface area contributed by atoms with E-state index in [2.05, 4.69) is 25.8 Å². The topological polar surface area (TPSA) is 89.7 Å². The van der Waals surface area contributed by atoms with Crippen LogP contribution in [0.4, 0.5) is 11.6 Å². The molecule has 2 N–H and O–H groups in total. The van der Waals surface area contributed by atoms with Crippen molar-refractivity contribution >= 4 is 17.5 Å². The van der Waals surface area contributed by atoms with Crippen LogP contribution in [-0.4, -0.2) is 30.5 Å². The molecular formula is C20H23N7O. The molecule has 0 spiro atoms. The van der Waals surface area contributed by atoms with Gasteiger partial charge in [0.1, 0.15) is 12.4 Å². The SMILES string of the molecule is CC1=C(C(=O)Nc2ccc(C)cc2C)[C@H](c2cnn(C)c2C)n2ncnc2N1. The molecule has 1 aliphatic heterocycles. The van der Waals surface area contributed by atoms with Crippen molar-refractivity contribution in [2.75, 3.05) is 10.6 Å². The van der Waals surface area contributed by atoms with Gasteiger partial charge in [0.05, 0.1) is 11.8 Å². The quantitative estimate of drug-likeness (QED) is 0.733. The maximum absolute atomic E-state index is 13.4. The van der Waals surface area contributed by atoms with Crippen LogP contribution >= 0.6 is 0 Å². The van der Waals surface area contributed by atoms with Gasteiger partial charge in [0.15, 0.2) is 0 Å². The summed E-state index contributed by atoms with van der Waals surface area (Å²) in [6.45, 7) is 7.88. The molecule has 2 aromatic heterocycles. The van der Waals surface area contributed by atoms with Crippen LogP contribution in [0.2, 0.25) is 0 Å². The molecule has 3 heterocycles. The molecule has 1 aromatic carbocycles. The van der Waals surface area contributed by atoms with Crippen molar-refractivity contribution in [3.05, 3.63) is 64.4 Å². The molecule has 0 aliphatic carbocycles. The Morgan fingerprint density at radius 3 is 2.64 bits per heavy atom. The minimum absolute atomic E-state index is 0.175. The van der Waals surface area contributed by atoms with E-state index in [0.29, 0.717) is 11.5 Å². The smallest absolute Gasteiger partial charge is 0.255 e. The molecule has 144 valence electrons. The summed E-state index contributed by atoms with van der Waals surface area (Å²) in [4.78, 5) is 17.6. The van der Waals surface area contributed by atoms with E-state index in [1.54, 1.807) is 15.6 Å². The second-order valence-corrected chi connectivity index (χ2v) is 7.18. The molecular weight excluding hydrogens is 354 g/mol. The van der Waals surface area contributed by atoms with E-state index in [9.17, 15) is 4.79 Å². The first kappa shape index (κ1) is 18.0. The average Bonchev–Trinajstić information content (AvgIpc) is 3.23. The number of carbonyl (C=O) groups excluding carboxylic acids is 1. The van der Waals surface area contributed by atoms with E-state index >= 15 is 0 Å². The molecule has 1 atom stereocenters. The fourth-order valence-electron chi connectivity index (χ4n) is 3.60. The monoisotopic (exact) mass is 377 g/mol. The Hall–Kier alpha value is -3.42. The van der Waals surface area contributed by atoms with Gasteiger partial charge in [-0.2, -0.15) is 15.2 Å². The first-order chi connectivity index (χ1) is 13.4. The van der Waals surface area contributed by atoms with Crippen LogP contribution in [0, 0.1) is 20.8 Å². The standard InChI is InChI=1S/C20H23N7O/c1-11-6-7-16(12(2)8-11)25-19(28)17-13(3)24-20-21-10-23-27(20)18(17)15-9-22-26(5)14(15)4/h6-10,18H,1-5H3,(H,25,28)(H,21,23,24)/t18-/m0/s1. The Morgan fingerprint density at radius 2 is 1.96 bits per heavy atom. The zero-order chi connectivity index (χ0) is 20.0. The lowest BCUT2D eigenvalue weighted by Crippen LogP contribution is -2.32. The number of aryl methyl sites for hydroxylation is 3. The summed E-state index contributed by atoms with van der Waals surface area (Å²) in [5.74, 6) is 0.431. The number of fused-ring (bicyclic) bond motifs is 1. The molecule has 3 aromatic rings. The summed E-state index contributed by atoms with van der Waals surface area (Å²) in [5, 5.41) is 15.0. The van der Waals surface area contributed by atoms with Crippen molar-refractivity contribution in [3.63, 3.8) is 0 Å². The van der Waals surface area contributed by atoms with Crippen molar-refractivity contribution in [2.45, 2.75) is 33.7 Å². The van der Waals surface area contributed by atoms with Gasteiger partial charge in [0, 0.05) is 29.7 Å². The molecule has 0 saturated heterocycles. The number of allylic oxidation sites excluding steroid dienone is 1. The van der Waals surface area contributed by atoms with E-state index in [1.165, 1.54) is 6.33 Å². The van der Waals surface area contributed by atoms with Crippen molar-refractivity contribution in [3.8, 4) is 0 Å². The van der Waals surface area contributed by atoms with Gasteiger partial charge in [-0.1, -0.05) is 17.7 Å². The van der Waals surface area contributed by atoms with E-state index in [-0.39, 0.29) is 5.91 Å². The number of anilines is 2. The van der Waals surface area contributed by atoms with Crippen LogP contribution in [0.15, 0.2) is 42.0 Å². The molecule has 1 aliphatic rings. The Labute approximate surface area is 163 Å². The van der Waals surface area contributed by atoms with Crippen molar-refractivity contribution in [1.82, 2.24) is 24.5 Å². The summed E-state index contributed by atoms with van der Waals surface area (Å²) in [6, 6.07) is 5.56. The number of carbonyl (C=O) groups is 1. The number of nitrogens with zero attached hydrogens (tertiary/aromatic N) is 5. The fourth-order valence-corrected chi connectivity index (χ4v) is 3.60. The van der Waals surface area contributed by atoms with Gasteiger partial charge in [-0.15, -0.1) is 0 Å². The zero-order valence-electron chi connectivity index (χ0n) is 16.6. The molecule has 1 amide bonds. The van der Waals surface area contributed by atoms with Crippen LogP contribution in [0.25, 0.3) is 0 Å². The third-order valence-corrected chi connectivity index (χ3v) is 5.24. The Balaban J connectivity index is 1.78. The molecule has 0 bridgehead atoms. The summed E-state index contributed by atoms with van der Waals surface area (Å²) in [5.41, 5.74) is 6.19. The highest BCUT2D eigenvalue weighted by molar-refractivity contribution is 6.06. The van der Waals surface area contributed by atoms with Crippen molar-refractivity contribution in [2.24, 2.45) is 7.05 Å². The summed E-state index contributed by atoms with van der Waals surface area (Å²) < 4.78 is 3.52. The summed E-state index contributed by atoms with van der Waals surface area (Å²) >= 11 is 0. The van der Waals surface area contributed by atoms with Gasteiger partial charge in [-0.05, 0) is 39.3 Å². The van der Waals surface area contributed by atoms with Crippen LogP contribution in [0.5, 0.6) is 0 Å². The molecule has 4 rings (SSSR count). The third kappa shape index (κ3) is 2.87. The minimum atomic E-state index is -0.404. The molecule has 0 saturated carbocycles. The molecule has 0 radical (unpaired) electrons. The molecule has 8 nitrogen and oxygen atoms in total. The predicted octanol–water partition coefficient (Wildman–Crippen LogP) is 2.86.